The van der Waals surface area contributed by atoms with E-state index in [2.05, 4.69) is 0 Å². The number of hydrogen-bond acceptors (Lipinski definition) is 5. The zero-order chi connectivity index (χ0) is 15.5. The number of benzene rings is 1. The number of nitrogen functional groups attached to an aromatic ring is 1. The van der Waals surface area contributed by atoms with Gasteiger partial charge in [-0.25, -0.2) is 8.42 Å². The molecule has 0 amide bonds. The first-order valence-corrected chi connectivity index (χ1v) is 8.63. The van der Waals surface area contributed by atoms with E-state index < -0.39 is 10.0 Å². The van der Waals surface area contributed by atoms with Crippen molar-refractivity contribution in [2.24, 2.45) is 5.92 Å². The van der Waals surface area contributed by atoms with E-state index in [1.54, 1.807) is 24.3 Å². The molecule has 1 aliphatic heterocycles. The number of aliphatic hydroxyl groups excluding tert-OH is 1. The highest BCUT2D eigenvalue weighted by Gasteiger charge is 2.38. The van der Waals surface area contributed by atoms with E-state index >= 15 is 0 Å². The average Bonchev–Trinajstić information content (AvgIpc) is 2.80. The summed E-state index contributed by atoms with van der Waals surface area (Å²) in [5, 5.41) is 9.35. The van der Waals surface area contributed by atoms with Gasteiger partial charge in [-0.15, -0.1) is 0 Å². The first-order chi connectivity index (χ1) is 9.94. The van der Waals surface area contributed by atoms with Gasteiger partial charge in [0, 0.05) is 18.3 Å². The Kier molecular flexibility index (Phi) is 5.08. The normalized spacial score (nSPS) is 23.3. The van der Waals surface area contributed by atoms with Crippen LogP contribution in [0.3, 0.4) is 0 Å². The Morgan fingerprint density at radius 3 is 2.90 bits per heavy atom. The summed E-state index contributed by atoms with van der Waals surface area (Å²) >= 11 is 0. The largest absolute Gasteiger partial charge is 0.492 e. The van der Waals surface area contributed by atoms with Crippen molar-refractivity contribution in [1.82, 2.24) is 4.31 Å². The van der Waals surface area contributed by atoms with Crippen LogP contribution in [-0.4, -0.2) is 49.4 Å². The lowest BCUT2D eigenvalue weighted by atomic mass is 10.0. The summed E-state index contributed by atoms with van der Waals surface area (Å²) in [7, 11) is -3.42. The first-order valence-electron chi connectivity index (χ1n) is 7.03. The number of nitrogens with zero attached hydrogens (tertiary/aromatic N) is 1. The number of rotatable bonds is 6. The summed E-state index contributed by atoms with van der Waals surface area (Å²) in [6, 6.07) is 6.56. The molecule has 1 heterocycles. The summed E-state index contributed by atoms with van der Waals surface area (Å²) in [4.78, 5) is 0. The van der Waals surface area contributed by atoms with Gasteiger partial charge in [-0.1, -0.05) is 13.0 Å². The van der Waals surface area contributed by atoms with Gasteiger partial charge >= 0.3 is 0 Å². The van der Waals surface area contributed by atoms with Crippen molar-refractivity contribution in [3.63, 3.8) is 0 Å². The number of nitrogens with two attached hydrogens (primary N) is 1. The molecule has 0 bridgehead atoms. The Balaban J connectivity index is 1.92. The SMILES string of the molecule is CC1CCN(S(=O)(=O)CCOc2cccc(N)c2)C1CO. The van der Waals surface area contributed by atoms with Crippen molar-refractivity contribution < 1.29 is 18.3 Å². The highest BCUT2D eigenvalue weighted by molar-refractivity contribution is 7.89. The maximum absolute atomic E-state index is 12.3. The Hall–Kier alpha value is -1.31. The predicted molar refractivity (Wildman–Crippen MR) is 81.5 cm³/mol. The van der Waals surface area contributed by atoms with Gasteiger partial charge in [0.25, 0.3) is 0 Å². The molecule has 21 heavy (non-hydrogen) atoms. The van der Waals surface area contributed by atoms with Crippen LogP contribution in [0.4, 0.5) is 5.69 Å². The second kappa shape index (κ2) is 6.64. The molecule has 0 radical (unpaired) electrons. The lowest BCUT2D eigenvalue weighted by Crippen LogP contribution is -2.41. The van der Waals surface area contributed by atoms with Crippen LogP contribution in [0.15, 0.2) is 24.3 Å². The molecule has 3 N–H and O–H groups in total. The van der Waals surface area contributed by atoms with Gasteiger partial charge in [-0.05, 0) is 24.5 Å². The van der Waals surface area contributed by atoms with Crippen LogP contribution in [0.1, 0.15) is 13.3 Å². The van der Waals surface area contributed by atoms with Crippen molar-refractivity contribution in [3.8, 4) is 5.75 Å². The second-order valence-electron chi connectivity index (χ2n) is 5.36. The fourth-order valence-electron chi connectivity index (χ4n) is 2.58. The number of aliphatic hydroxyl groups is 1. The van der Waals surface area contributed by atoms with E-state index in [1.165, 1.54) is 4.31 Å². The van der Waals surface area contributed by atoms with Gasteiger partial charge in [-0.2, -0.15) is 4.31 Å². The predicted octanol–water partition coefficient (Wildman–Crippen LogP) is 0.680. The standard InChI is InChI=1S/C14H22N2O4S/c1-11-5-6-16(14(11)10-17)21(18,19)8-7-20-13-4-2-3-12(15)9-13/h2-4,9,11,14,17H,5-8,10,15H2,1H3. The molecular weight excluding hydrogens is 292 g/mol. The van der Waals surface area contributed by atoms with Gasteiger partial charge in [0.2, 0.25) is 10.0 Å². The third kappa shape index (κ3) is 3.87. The van der Waals surface area contributed by atoms with Gasteiger partial charge in [0.15, 0.2) is 0 Å². The molecule has 2 atom stereocenters. The molecule has 0 aromatic heterocycles. The molecule has 1 fully saturated rings. The lowest BCUT2D eigenvalue weighted by Gasteiger charge is -2.24. The zero-order valence-electron chi connectivity index (χ0n) is 12.1. The topological polar surface area (TPSA) is 92.9 Å². The third-order valence-corrected chi connectivity index (χ3v) is 5.69. The Bertz CT molecular complexity index is 576. The minimum Gasteiger partial charge on any atom is -0.492 e. The van der Waals surface area contributed by atoms with E-state index in [0.717, 1.165) is 6.42 Å². The first kappa shape index (κ1) is 16.1. The summed E-state index contributed by atoms with van der Waals surface area (Å²) in [5.41, 5.74) is 6.21. The maximum Gasteiger partial charge on any atom is 0.217 e. The van der Waals surface area contributed by atoms with Gasteiger partial charge in [0.1, 0.15) is 12.4 Å². The van der Waals surface area contributed by atoms with Crippen LogP contribution in [0.2, 0.25) is 0 Å². The van der Waals surface area contributed by atoms with E-state index in [0.29, 0.717) is 18.0 Å². The summed E-state index contributed by atoms with van der Waals surface area (Å²) in [5.74, 6) is 0.628. The molecule has 1 aromatic rings. The van der Waals surface area contributed by atoms with Crippen LogP contribution in [0.5, 0.6) is 5.75 Å². The fourth-order valence-corrected chi connectivity index (χ4v) is 4.17. The van der Waals surface area contributed by atoms with Crippen LogP contribution in [0.25, 0.3) is 0 Å². The molecule has 2 rings (SSSR count). The molecule has 2 unspecified atom stereocenters. The van der Waals surface area contributed by atoms with Gasteiger partial charge in [-0.3, -0.25) is 0 Å². The monoisotopic (exact) mass is 314 g/mol. The molecule has 0 aliphatic carbocycles. The van der Waals surface area contributed by atoms with Crippen LogP contribution < -0.4 is 10.5 Å². The Morgan fingerprint density at radius 1 is 1.48 bits per heavy atom. The second-order valence-corrected chi connectivity index (χ2v) is 7.40. The van der Waals surface area contributed by atoms with Crippen molar-refractivity contribution in [1.29, 1.82) is 0 Å². The Labute approximate surface area is 125 Å². The van der Waals surface area contributed by atoms with Crippen LogP contribution in [0, 0.1) is 5.92 Å². The molecular formula is C14H22N2O4S. The number of sulfonamides is 1. The lowest BCUT2D eigenvalue weighted by molar-refractivity contribution is 0.190. The van der Waals surface area contributed by atoms with E-state index in [9.17, 15) is 13.5 Å². The van der Waals surface area contributed by atoms with Crippen molar-refractivity contribution >= 4 is 15.7 Å². The molecule has 0 spiro atoms. The van der Waals surface area contributed by atoms with Crippen LogP contribution in [-0.2, 0) is 10.0 Å². The smallest absolute Gasteiger partial charge is 0.217 e. The maximum atomic E-state index is 12.3. The van der Waals surface area contributed by atoms with Gasteiger partial charge < -0.3 is 15.6 Å². The highest BCUT2D eigenvalue weighted by Crippen LogP contribution is 2.26. The van der Waals surface area contributed by atoms with Crippen molar-refractivity contribution in [2.45, 2.75) is 19.4 Å². The number of ether oxygens (including phenoxy) is 1. The van der Waals surface area contributed by atoms with Gasteiger partial charge in [0.05, 0.1) is 18.4 Å². The van der Waals surface area contributed by atoms with Crippen LogP contribution >= 0.6 is 0 Å². The zero-order valence-corrected chi connectivity index (χ0v) is 12.9. The summed E-state index contributed by atoms with van der Waals surface area (Å²) in [6.45, 7) is 2.35. The molecule has 1 aliphatic rings. The van der Waals surface area contributed by atoms with E-state index in [1.807, 2.05) is 6.92 Å². The van der Waals surface area contributed by atoms with E-state index in [4.69, 9.17) is 10.5 Å². The number of hydrogen-bond donors (Lipinski definition) is 2. The summed E-state index contributed by atoms with van der Waals surface area (Å²) < 4.78 is 31.5. The molecule has 7 heteroatoms. The molecule has 6 nitrogen and oxygen atoms in total. The minimum atomic E-state index is -3.42. The number of anilines is 1. The van der Waals surface area contributed by atoms with Crippen molar-refractivity contribution in [3.05, 3.63) is 24.3 Å². The Morgan fingerprint density at radius 2 is 2.24 bits per heavy atom. The third-order valence-electron chi connectivity index (χ3n) is 3.84. The molecule has 1 saturated heterocycles. The van der Waals surface area contributed by atoms with Crippen molar-refractivity contribution in [2.75, 3.05) is 31.2 Å². The molecule has 0 saturated carbocycles. The highest BCUT2D eigenvalue weighted by atomic mass is 32.2. The minimum absolute atomic E-state index is 0.0643. The van der Waals surface area contributed by atoms with E-state index in [-0.39, 0.29) is 30.9 Å². The molecule has 1 aromatic carbocycles. The quantitative estimate of drug-likeness (QED) is 0.753. The fraction of sp³-hybridized carbons (Fsp3) is 0.571. The molecule has 118 valence electrons. The average molecular weight is 314 g/mol. The summed E-state index contributed by atoms with van der Waals surface area (Å²) in [6.07, 6.45) is 0.778.